The van der Waals surface area contributed by atoms with Gasteiger partial charge in [-0.3, -0.25) is 4.72 Å². The van der Waals surface area contributed by atoms with E-state index >= 15 is 0 Å². The molecule has 1 N–H and O–H groups in total. The molecule has 0 unspecified atom stereocenters. The highest BCUT2D eigenvalue weighted by Crippen LogP contribution is 2.21. The minimum atomic E-state index is -3.92. The maximum absolute atomic E-state index is 12.7. The van der Waals surface area contributed by atoms with Crippen LogP contribution in [-0.4, -0.2) is 57.2 Å². The van der Waals surface area contributed by atoms with Crippen LogP contribution in [0.3, 0.4) is 0 Å². The Labute approximate surface area is 175 Å². The smallest absolute Gasteiger partial charge is 0.263 e. The van der Waals surface area contributed by atoms with E-state index in [4.69, 9.17) is 4.74 Å². The molecule has 0 radical (unpaired) electrons. The maximum Gasteiger partial charge on any atom is 0.263 e. The molecule has 0 bridgehead atoms. The van der Waals surface area contributed by atoms with Crippen LogP contribution in [0.5, 0.6) is 0 Å². The normalized spacial score (nSPS) is 15.7. The minimum Gasteiger partial charge on any atom is -0.379 e. The predicted octanol–water partition coefficient (Wildman–Crippen LogP) is 1.69. The third-order valence-corrected chi connectivity index (χ3v) is 7.87. The van der Waals surface area contributed by atoms with E-state index in [1.807, 2.05) is 30.3 Å². The van der Waals surface area contributed by atoms with Crippen molar-refractivity contribution in [3.05, 3.63) is 66.9 Å². The van der Waals surface area contributed by atoms with E-state index in [0.717, 1.165) is 5.69 Å². The van der Waals surface area contributed by atoms with Crippen LogP contribution in [0.1, 0.15) is 0 Å². The zero-order valence-corrected chi connectivity index (χ0v) is 17.5. The number of benzene rings is 2. The van der Waals surface area contributed by atoms with Crippen LogP contribution in [0.2, 0.25) is 0 Å². The topological polar surface area (TPSA) is 111 Å². The number of nitrogens with one attached hydrogen (secondary N) is 1. The number of hydrogen-bond acceptors (Lipinski definition) is 6. The Morgan fingerprint density at radius 1 is 0.833 bits per heavy atom. The number of nitrogens with zero attached hydrogens (tertiary/aromatic N) is 3. The molecule has 3 aromatic rings. The fourth-order valence-corrected chi connectivity index (χ4v) is 5.43. The number of morpholine rings is 1. The summed E-state index contributed by atoms with van der Waals surface area (Å²) in [5.41, 5.74) is 0.792. The monoisotopic (exact) mass is 448 g/mol. The summed E-state index contributed by atoms with van der Waals surface area (Å²) in [5, 5.41) is 4.22. The molecule has 1 aromatic heterocycles. The molecule has 30 heavy (non-hydrogen) atoms. The highest BCUT2D eigenvalue weighted by Gasteiger charge is 2.27. The Morgan fingerprint density at radius 2 is 1.47 bits per heavy atom. The Balaban J connectivity index is 1.52. The van der Waals surface area contributed by atoms with Crippen molar-refractivity contribution >= 4 is 25.9 Å². The molecule has 0 atom stereocenters. The first-order valence-electron chi connectivity index (χ1n) is 9.18. The standard InChI is InChI=1S/C19H20N4O5S2/c24-29(25,21-19-10-11-23(20-19)16-4-2-1-3-5-16)17-6-8-18(9-7-17)30(26,27)22-12-14-28-15-13-22/h1-11H,12-15H2,(H,20,21). The summed E-state index contributed by atoms with van der Waals surface area (Å²) < 4.78 is 61.2. The van der Waals surface area contributed by atoms with Gasteiger partial charge in [-0.25, -0.2) is 21.5 Å². The number of anilines is 1. The van der Waals surface area contributed by atoms with Gasteiger partial charge in [0, 0.05) is 25.4 Å². The number of aromatic nitrogens is 2. The minimum absolute atomic E-state index is 0.0386. The molecule has 9 nitrogen and oxygen atoms in total. The van der Waals surface area contributed by atoms with Crippen molar-refractivity contribution in [1.29, 1.82) is 0 Å². The van der Waals surface area contributed by atoms with Gasteiger partial charge in [0.25, 0.3) is 10.0 Å². The summed E-state index contributed by atoms with van der Waals surface area (Å²) in [4.78, 5) is -0.0191. The lowest BCUT2D eigenvalue weighted by Crippen LogP contribution is -2.40. The second kappa shape index (κ2) is 8.19. The maximum atomic E-state index is 12.7. The van der Waals surface area contributed by atoms with Crippen LogP contribution in [0, 0.1) is 0 Å². The van der Waals surface area contributed by atoms with Gasteiger partial charge in [0.05, 0.1) is 28.7 Å². The number of rotatable bonds is 6. The lowest BCUT2D eigenvalue weighted by molar-refractivity contribution is 0.0730. The zero-order chi connectivity index (χ0) is 21.2. The van der Waals surface area contributed by atoms with Gasteiger partial charge in [-0.1, -0.05) is 18.2 Å². The average Bonchev–Trinajstić information content (AvgIpc) is 3.23. The number of para-hydroxylation sites is 1. The highest BCUT2D eigenvalue weighted by atomic mass is 32.2. The first kappa shape index (κ1) is 20.5. The molecule has 158 valence electrons. The van der Waals surface area contributed by atoms with Crippen molar-refractivity contribution in [2.75, 3.05) is 31.0 Å². The van der Waals surface area contributed by atoms with Crippen molar-refractivity contribution in [3.8, 4) is 5.69 Å². The fourth-order valence-electron chi connectivity index (χ4n) is 3.03. The molecule has 1 saturated heterocycles. The Morgan fingerprint density at radius 3 is 2.13 bits per heavy atom. The van der Waals surface area contributed by atoms with E-state index in [2.05, 4.69) is 9.82 Å². The quantitative estimate of drug-likeness (QED) is 0.614. The van der Waals surface area contributed by atoms with E-state index in [9.17, 15) is 16.8 Å². The summed E-state index contributed by atoms with van der Waals surface area (Å²) in [6, 6.07) is 15.9. The van der Waals surface area contributed by atoms with Crippen LogP contribution >= 0.6 is 0 Å². The molecule has 2 aromatic carbocycles. The van der Waals surface area contributed by atoms with E-state index in [1.54, 1.807) is 16.9 Å². The second-order valence-electron chi connectivity index (χ2n) is 6.57. The third kappa shape index (κ3) is 4.24. The summed E-state index contributed by atoms with van der Waals surface area (Å²) in [7, 11) is -7.61. The molecule has 4 rings (SSSR count). The molecule has 0 aliphatic carbocycles. The summed E-state index contributed by atoms with van der Waals surface area (Å²) >= 11 is 0. The van der Waals surface area contributed by atoms with Gasteiger partial charge in [-0.05, 0) is 36.4 Å². The first-order valence-corrected chi connectivity index (χ1v) is 12.1. The largest absolute Gasteiger partial charge is 0.379 e. The molecule has 0 spiro atoms. The van der Waals surface area contributed by atoms with Crippen molar-refractivity contribution in [2.45, 2.75) is 9.79 Å². The van der Waals surface area contributed by atoms with Crippen LogP contribution in [-0.2, 0) is 24.8 Å². The van der Waals surface area contributed by atoms with Crippen molar-refractivity contribution in [3.63, 3.8) is 0 Å². The molecular weight excluding hydrogens is 428 g/mol. The number of hydrogen-bond donors (Lipinski definition) is 1. The fraction of sp³-hybridized carbons (Fsp3) is 0.211. The van der Waals surface area contributed by atoms with Gasteiger partial charge < -0.3 is 4.74 Å². The molecule has 0 amide bonds. The Kier molecular flexibility index (Phi) is 5.60. The molecule has 2 heterocycles. The van der Waals surface area contributed by atoms with Gasteiger partial charge in [-0.15, -0.1) is 5.10 Å². The van der Waals surface area contributed by atoms with Crippen molar-refractivity contribution < 1.29 is 21.6 Å². The molecule has 1 fully saturated rings. The Hall–Kier alpha value is -2.73. The molecule has 1 aliphatic heterocycles. The highest BCUT2D eigenvalue weighted by molar-refractivity contribution is 7.92. The molecule has 1 aliphatic rings. The van der Waals surface area contributed by atoms with Gasteiger partial charge >= 0.3 is 0 Å². The summed E-state index contributed by atoms with van der Waals surface area (Å²) in [6.45, 7) is 1.22. The zero-order valence-electron chi connectivity index (χ0n) is 15.9. The Bertz CT molecular complexity index is 1220. The van der Waals surface area contributed by atoms with Gasteiger partial charge in [0.2, 0.25) is 10.0 Å². The molecule has 11 heteroatoms. The molecular formula is C19H20N4O5S2. The lowest BCUT2D eigenvalue weighted by Gasteiger charge is -2.26. The first-order chi connectivity index (χ1) is 14.4. The lowest BCUT2D eigenvalue weighted by atomic mass is 10.3. The van der Waals surface area contributed by atoms with Crippen molar-refractivity contribution in [1.82, 2.24) is 14.1 Å². The SMILES string of the molecule is O=S(=O)(Nc1ccn(-c2ccccc2)n1)c1ccc(S(=O)(=O)N2CCOCC2)cc1. The van der Waals surface area contributed by atoms with E-state index < -0.39 is 20.0 Å². The second-order valence-corrected chi connectivity index (χ2v) is 10.2. The number of ether oxygens (including phenoxy) is 1. The summed E-state index contributed by atoms with van der Waals surface area (Å²) in [6.07, 6.45) is 1.64. The third-order valence-electron chi connectivity index (χ3n) is 4.59. The number of sulfonamides is 2. The van der Waals surface area contributed by atoms with Crippen LogP contribution in [0.25, 0.3) is 5.69 Å². The van der Waals surface area contributed by atoms with Crippen LogP contribution in [0.15, 0.2) is 76.7 Å². The summed E-state index contributed by atoms with van der Waals surface area (Å²) in [5.74, 6) is 0.156. The predicted molar refractivity (Wildman–Crippen MR) is 110 cm³/mol. The van der Waals surface area contributed by atoms with Gasteiger partial charge in [-0.2, -0.15) is 4.31 Å². The van der Waals surface area contributed by atoms with Crippen molar-refractivity contribution in [2.24, 2.45) is 0 Å². The van der Waals surface area contributed by atoms with E-state index in [-0.39, 0.29) is 28.7 Å². The van der Waals surface area contributed by atoms with E-state index in [0.29, 0.717) is 13.2 Å². The van der Waals surface area contributed by atoms with E-state index in [1.165, 1.54) is 28.6 Å². The van der Waals surface area contributed by atoms with Gasteiger partial charge in [0.1, 0.15) is 0 Å². The molecule has 0 saturated carbocycles. The van der Waals surface area contributed by atoms with Crippen LogP contribution in [0.4, 0.5) is 5.82 Å². The van der Waals surface area contributed by atoms with Gasteiger partial charge in [0.15, 0.2) is 5.82 Å². The average molecular weight is 449 g/mol. The van der Waals surface area contributed by atoms with Crippen LogP contribution < -0.4 is 4.72 Å².